The Labute approximate surface area is 283 Å². The Hall–Kier alpha value is -4.08. The summed E-state index contributed by atoms with van der Waals surface area (Å²) in [6, 6.07) is 7.43. The number of fused-ring (bicyclic) bond motifs is 6. The van der Waals surface area contributed by atoms with Crippen molar-refractivity contribution in [2.45, 2.75) is 102 Å². The fourth-order valence-electron chi connectivity index (χ4n) is 7.38. The third-order valence-electron chi connectivity index (χ3n) is 10.1. The number of rotatable bonds is 0. The first-order valence-corrected chi connectivity index (χ1v) is 18.2. The fraction of sp³-hybridized carbons (Fsp3) is 0.579. The summed E-state index contributed by atoms with van der Waals surface area (Å²) in [5.41, 5.74) is 2.38. The van der Waals surface area contributed by atoms with Gasteiger partial charge < -0.3 is 28.7 Å². The Morgan fingerprint density at radius 1 is 0.479 bits per heavy atom. The number of carbonyl (C=O) groups excluding carboxylic acids is 2. The molecule has 256 valence electrons. The first kappa shape index (κ1) is 32.5. The monoisotopic (exact) mass is 656 g/mol. The molecule has 0 radical (unpaired) electrons. The first-order valence-electron chi connectivity index (χ1n) is 18.2. The summed E-state index contributed by atoms with van der Waals surface area (Å²) in [4.78, 5) is 40.2. The maximum atomic E-state index is 13.5. The van der Waals surface area contributed by atoms with Crippen LogP contribution in [0, 0.1) is 0 Å². The second-order valence-electron chi connectivity index (χ2n) is 13.5. The second-order valence-corrected chi connectivity index (χ2v) is 13.5. The standard InChI is InChI=1S/C38H48N4O6/c43-37-29-21-33-35(23-31(29)39-25-27-13-10-15-41(27)37)47-19-12-20-48-36-24-32-30(38(44)42-16-11-14-28(42)26-40-32)22-34(36)46-18-9-7-5-3-1-2-4-6-8-17-45-33/h21-28H,1-20H2/t27-,28-/m0/s1. The average molecular weight is 657 g/mol. The number of hydrogen-bond acceptors (Lipinski definition) is 8. The summed E-state index contributed by atoms with van der Waals surface area (Å²) >= 11 is 0. The molecule has 5 aliphatic heterocycles. The minimum absolute atomic E-state index is 0.00756. The van der Waals surface area contributed by atoms with Crippen molar-refractivity contribution in [1.29, 1.82) is 0 Å². The zero-order valence-electron chi connectivity index (χ0n) is 28.0. The molecular weight excluding hydrogens is 608 g/mol. The van der Waals surface area contributed by atoms with E-state index in [0.29, 0.717) is 78.3 Å². The van der Waals surface area contributed by atoms with Gasteiger partial charge in [0.1, 0.15) is 0 Å². The van der Waals surface area contributed by atoms with E-state index < -0.39 is 0 Å². The molecule has 0 bridgehead atoms. The lowest BCUT2D eigenvalue weighted by atomic mass is 10.1. The quantitative estimate of drug-likeness (QED) is 0.292. The largest absolute Gasteiger partial charge is 0.490 e. The Morgan fingerprint density at radius 3 is 1.29 bits per heavy atom. The lowest BCUT2D eigenvalue weighted by molar-refractivity contribution is 0.0766. The van der Waals surface area contributed by atoms with Gasteiger partial charge in [0.2, 0.25) is 0 Å². The normalized spacial score (nSPS) is 23.9. The van der Waals surface area contributed by atoms with Gasteiger partial charge in [-0.15, -0.1) is 0 Å². The Morgan fingerprint density at radius 2 is 0.854 bits per heavy atom. The first-order chi connectivity index (χ1) is 23.7. The smallest absolute Gasteiger partial charge is 0.256 e. The summed E-state index contributed by atoms with van der Waals surface area (Å²) in [5, 5.41) is 0. The topological polar surface area (TPSA) is 102 Å². The van der Waals surface area contributed by atoms with E-state index in [-0.39, 0.29) is 23.9 Å². The maximum Gasteiger partial charge on any atom is 0.256 e. The van der Waals surface area contributed by atoms with E-state index in [1.165, 1.54) is 32.1 Å². The third-order valence-corrected chi connectivity index (χ3v) is 10.1. The van der Waals surface area contributed by atoms with E-state index in [2.05, 4.69) is 0 Å². The van der Waals surface area contributed by atoms with Gasteiger partial charge in [-0.1, -0.05) is 44.9 Å². The van der Waals surface area contributed by atoms with Gasteiger partial charge in [0, 0.05) is 44.1 Å². The molecule has 2 fully saturated rings. The highest BCUT2D eigenvalue weighted by molar-refractivity contribution is 6.04. The van der Waals surface area contributed by atoms with E-state index in [4.69, 9.17) is 28.9 Å². The average Bonchev–Trinajstić information content (AvgIpc) is 3.73. The molecule has 7 rings (SSSR count). The number of nitrogens with zero attached hydrogens (tertiary/aromatic N) is 4. The molecule has 2 amide bonds. The SMILES string of the molecule is O=C1c2cc3c(cc2N=C[C@@H]2CCCN12)OCCCOc1cc2c(cc1OCCCCCCCCCCCO3)C(=O)N1CCC[C@H]1C=N2. The predicted octanol–water partition coefficient (Wildman–Crippen LogP) is 7.46. The molecule has 2 atom stereocenters. The molecule has 0 N–H and O–H groups in total. The van der Waals surface area contributed by atoms with Gasteiger partial charge in [-0.05, 0) is 50.7 Å². The van der Waals surface area contributed by atoms with Crippen LogP contribution in [0.1, 0.15) is 111 Å². The molecule has 0 spiro atoms. The molecular formula is C38H48N4O6. The van der Waals surface area contributed by atoms with Crippen molar-refractivity contribution in [3.05, 3.63) is 35.4 Å². The van der Waals surface area contributed by atoms with Crippen LogP contribution in [0.2, 0.25) is 0 Å². The summed E-state index contributed by atoms with van der Waals surface area (Å²) in [5.74, 6) is 2.36. The second kappa shape index (κ2) is 15.4. The van der Waals surface area contributed by atoms with Crippen molar-refractivity contribution in [2.24, 2.45) is 9.98 Å². The Bertz CT molecular complexity index is 1430. The fourth-order valence-corrected chi connectivity index (χ4v) is 7.38. The van der Waals surface area contributed by atoms with E-state index in [1.54, 1.807) is 0 Å². The van der Waals surface area contributed by atoms with Gasteiger partial charge in [0.15, 0.2) is 23.0 Å². The van der Waals surface area contributed by atoms with Crippen LogP contribution in [0.5, 0.6) is 23.0 Å². The number of carbonyl (C=O) groups is 2. The van der Waals surface area contributed by atoms with E-state index in [0.717, 1.165) is 64.5 Å². The molecule has 0 aromatic heterocycles. The molecule has 10 heteroatoms. The van der Waals surface area contributed by atoms with Crippen molar-refractivity contribution >= 4 is 35.6 Å². The van der Waals surface area contributed by atoms with Crippen LogP contribution >= 0.6 is 0 Å². The molecule has 48 heavy (non-hydrogen) atoms. The zero-order valence-corrected chi connectivity index (χ0v) is 28.0. The maximum absolute atomic E-state index is 13.5. The summed E-state index contributed by atoms with van der Waals surface area (Å²) in [6.07, 6.45) is 18.4. The molecule has 2 aromatic rings. The molecule has 0 unspecified atom stereocenters. The number of ether oxygens (including phenoxy) is 4. The lowest BCUT2D eigenvalue weighted by Gasteiger charge is -2.21. The molecule has 10 nitrogen and oxygen atoms in total. The van der Waals surface area contributed by atoms with Crippen molar-refractivity contribution in [3.63, 3.8) is 0 Å². The van der Waals surface area contributed by atoms with E-state index in [9.17, 15) is 9.59 Å². The number of aliphatic imine (C=N–C) groups is 2. The highest BCUT2D eigenvalue weighted by Crippen LogP contribution is 2.40. The summed E-state index contributed by atoms with van der Waals surface area (Å²) < 4.78 is 25.1. The van der Waals surface area contributed by atoms with Crippen LogP contribution < -0.4 is 18.9 Å². The van der Waals surface area contributed by atoms with E-state index in [1.807, 2.05) is 46.5 Å². The minimum atomic E-state index is 0.00756. The molecule has 2 saturated heterocycles. The highest BCUT2D eigenvalue weighted by Gasteiger charge is 2.34. The highest BCUT2D eigenvalue weighted by atomic mass is 16.5. The predicted molar refractivity (Wildman–Crippen MR) is 185 cm³/mol. The lowest BCUT2D eigenvalue weighted by Crippen LogP contribution is -2.35. The minimum Gasteiger partial charge on any atom is -0.490 e. The van der Waals surface area contributed by atoms with Gasteiger partial charge in [-0.3, -0.25) is 19.6 Å². The van der Waals surface area contributed by atoms with Crippen molar-refractivity contribution in [2.75, 3.05) is 39.5 Å². The number of benzene rings is 2. The van der Waals surface area contributed by atoms with Gasteiger partial charge >= 0.3 is 0 Å². The number of hydrogen-bond donors (Lipinski definition) is 0. The van der Waals surface area contributed by atoms with Crippen LogP contribution in [0.25, 0.3) is 0 Å². The Kier molecular flexibility index (Phi) is 10.4. The third kappa shape index (κ3) is 7.32. The van der Waals surface area contributed by atoms with Crippen molar-refractivity contribution in [1.82, 2.24) is 9.80 Å². The van der Waals surface area contributed by atoms with Crippen molar-refractivity contribution < 1.29 is 28.5 Å². The number of amides is 2. The Balaban J connectivity index is 1.08. The van der Waals surface area contributed by atoms with Crippen LogP contribution in [0.3, 0.4) is 0 Å². The zero-order chi connectivity index (χ0) is 32.7. The summed E-state index contributed by atoms with van der Waals surface area (Å²) in [7, 11) is 0. The molecule has 0 aliphatic carbocycles. The molecule has 0 saturated carbocycles. The van der Waals surface area contributed by atoms with Crippen LogP contribution in [0.15, 0.2) is 34.3 Å². The molecule has 5 aliphatic rings. The molecule has 5 heterocycles. The van der Waals surface area contributed by atoms with Gasteiger partial charge in [0.25, 0.3) is 11.8 Å². The van der Waals surface area contributed by atoms with Crippen LogP contribution in [-0.4, -0.2) is 85.6 Å². The summed E-state index contributed by atoms with van der Waals surface area (Å²) in [6.45, 7) is 3.43. The van der Waals surface area contributed by atoms with Crippen LogP contribution in [0.4, 0.5) is 11.4 Å². The molecule has 2 aromatic carbocycles. The van der Waals surface area contributed by atoms with Crippen molar-refractivity contribution in [3.8, 4) is 23.0 Å². The van der Waals surface area contributed by atoms with Crippen LogP contribution in [-0.2, 0) is 0 Å². The van der Waals surface area contributed by atoms with Gasteiger partial charge in [-0.2, -0.15) is 0 Å². The van der Waals surface area contributed by atoms with E-state index >= 15 is 0 Å². The van der Waals surface area contributed by atoms with Gasteiger partial charge in [0.05, 0.1) is 61.0 Å². The van der Waals surface area contributed by atoms with Gasteiger partial charge in [-0.25, -0.2) is 0 Å².